The first-order chi connectivity index (χ1) is 11.5. The molecule has 24 heavy (non-hydrogen) atoms. The molecule has 0 bridgehead atoms. The van der Waals surface area contributed by atoms with E-state index in [1.165, 1.54) is 4.88 Å². The number of fused-ring (bicyclic) bond motifs is 1. The molecule has 1 aliphatic rings. The number of carbonyl (C=O) groups is 1. The molecule has 1 aromatic heterocycles. The standard InChI is InChI=1S/C17H16Br2N2O2S/c1-23-15-9(6-10(18)7-12(15)19)8-21-17-14(16(20)22)11-4-2-3-5-13(11)24-17/h6-8H,2-5H2,1H3,(H2,20,22). The first-order valence-electron chi connectivity index (χ1n) is 7.52. The molecule has 4 nitrogen and oxygen atoms in total. The summed E-state index contributed by atoms with van der Waals surface area (Å²) in [4.78, 5) is 17.7. The maximum Gasteiger partial charge on any atom is 0.252 e. The smallest absolute Gasteiger partial charge is 0.252 e. The lowest BCUT2D eigenvalue weighted by molar-refractivity contribution is 0.100. The number of hydrogen-bond acceptors (Lipinski definition) is 4. The molecule has 0 fully saturated rings. The van der Waals surface area contributed by atoms with E-state index in [1.807, 2.05) is 12.1 Å². The van der Waals surface area contributed by atoms with E-state index in [-0.39, 0.29) is 0 Å². The number of hydrogen-bond donors (Lipinski definition) is 1. The molecular weight excluding hydrogens is 456 g/mol. The van der Waals surface area contributed by atoms with Crippen LogP contribution in [0.3, 0.4) is 0 Å². The third-order valence-corrected chi connectivity index (χ3v) is 6.21. The number of methoxy groups -OCH3 is 1. The van der Waals surface area contributed by atoms with Gasteiger partial charge >= 0.3 is 0 Å². The number of halogens is 2. The number of ether oxygens (including phenoxy) is 1. The minimum atomic E-state index is -0.399. The van der Waals surface area contributed by atoms with E-state index in [9.17, 15) is 4.79 Å². The molecule has 1 aromatic carbocycles. The van der Waals surface area contributed by atoms with Gasteiger partial charge in [0.05, 0.1) is 17.1 Å². The summed E-state index contributed by atoms with van der Waals surface area (Å²) in [7, 11) is 1.62. The Kier molecular flexibility index (Phi) is 5.42. The van der Waals surface area contributed by atoms with Crippen molar-refractivity contribution in [2.24, 2.45) is 10.7 Å². The zero-order valence-corrected chi connectivity index (χ0v) is 17.1. The van der Waals surface area contributed by atoms with Crippen LogP contribution in [0.5, 0.6) is 5.75 Å². The molecule has 1 aliphatic carbocycles. The van der Waals surface area contributed by atoms with E-state index in [0.717, 1.165) is 45.8 Å². The van der Waals surface area contributed by atoms with Crippen LogP contribution in [0.25, 0.3) is 0 Å². The van der Waals surface area contributed by atoms with Gasteiger partial charge in [0.15, 0.2) is 0 Å². The summed E-state index contributed by atoms with van der Waals surface area (Å²) in [6, 6.07) is 3.83. The SMILES string of the molecule is COc1c(Br)cc(Br)cc1C=Nc1sc2c(c1C(N)=O)CCCC2. The normalized spacial score (nSPS) is 14.0. The third-order valence-electron chi connectivity index (χ3n) is 3.96. The predicted octanol–water partition coefficient (Wildman–Crippen LogP) is 5.01. The van der Waals surface area contributed by atoms with Gasteiger partial charge in [-0.15, -0.1) is 11.3 Å². The molecule has 2 aromatic rings. The Morgan fingerprint density at radius 1 is 1.33 bits per heavy atom. The van der Waals surface area contributed by atoms with Crippen molar-refractivity contribution < 1.29 is 9.53 Å². The summed E-state index contributed by atoms with van der Waals surface area (Å²) in [6.45, 7) is 0. The fourth-order valence-electron chi connectivity index (χ4n) is 2.92. The lowest BCUT2D eigenvalue weighted by Gasteiger charge is -2.10. The van der Waals surface area contributed by atoms with Crippen molar-refractivity contribution >= 4 is 60.3 Å². The van der Waals surface area contributed by atoms with Gasteiger partial charge in [-0.3, -0.25) is 4.79 Å². The lowest BCUT2D eigenvalue weighted by Crippen LogP contribution is -2.14. The quantitative estimate of drug-likeness (QED) is 0.637. The van der Waals surface area contributed by atoms with Gasteiger partial charge in [-0.05, 0) is 59.3 Å². The molecule has 1 heterocycles. The zero-order valence-electron chi connectivity index (χ0n) is 13.1. The van der Waals surface area contributed by atoms with Gasteiger partial charge in [0, 0.05) is 21.1 Å². The third kappa shape index (κ3) is 3.43. The molecule has 0 saturated heterocycles. The fourth-order valence-corrected chi connectivity index (χ4v) is 5.57. The van der Waals surface area contributed by atoms with E-state index in [2.05, 4.69) is 36.9 Å². The summed E-state index contributed by atoms with van der Waals surface area (Å²) in [5, 5.41) is 0.688. The Hall–Kier alpha value is -1.18. The minimum Gasteiger partial charge on any atom is -0.495 e. The molecule has 126 valence electrons. The summed E-state index contributed by atoms with van der Waals surface area (Å²) < 4.78 is 7.18. The van der Waals surface area contributed by atoms with Gasteiger partial charge in [-0.25, -0.2) is 4.99 Å². The highest BCUT2D eigenvalue weighted by atomic mass is 79.9. The van der Waals surface area contributed by atoms with Gasteiger partial charge < -0.3 is 10.5 Å². The van der Waals surface area contributed by atoms with Crippen LogP contribution in [0, 0.1) is 0 Å². The van der Waals surface area contributed by atoms with E-state index in [0.29, 0.717) is 16.3 Å². The average Bonchev–Trinajstić information content (AvgIpc) is 2.91. The Morgan fingerprint density at radius 2 is 2.08 bits per heavy atom. The first kappa shape index (κ1) is 17.6. The molecule has 2 N–H and O–H groups in total. The van der Waals surface area contributed by atoms with Crippen molar-refractivity contribution in [3.8, 4) is 5.75 Å². The monoisotopic (exact) mass is 470 g/mol. The van der Waals surface area contributed by atoms with Crippen LogP contribution in [0.1, 0.15) is 39.2 Å². The minimum absolute atomic E-state index is 0.399. The van der Waals surface area contributed by atoms with Gasteiger partial charge in [-0.1, -0.05) is 15.9 Å². The molecule has 0 radical (unpaired) electrons. The van der Waals surface area contributed by atoms with Crippen LogP contribution < -0.4 is 10.5 Å². The molecule has 0 aliphatic heterocycles. The Balaban J connectivity index is 2.04. The number of thiophene rings is 1. The summed E-state index contributed by atoms with van der Waals surface area (Å²) >= 11 is 8.52. The maximum absolute atomic E-state index is 11.9. The topological polar surface area (TPSA) is 64.7 Å². The second kappa shape index (κ2) is 7.37. The zero-order chi connectivity index (χ0) is 17.3. The molecule has 0 spiro atoms. The average molecular weight is 472 g/mol. The molecule has 0 saturated carbocycles. The Labute approximate surface area is 161 Å². The van der Waals surface area contributed by atoms with Crippen LogP contribution in [0.4, 0.5) is 5.00 Å². The molecule has 3 rings (SSSR count). The predicted molar refractivity (Wildman–Crippen MR) is 105 cm³/mol. The van der Waals surface area contributed by atoms with Crippen LogP contribution in [0.2, 0.25) is 0 Å². The number of amides is 1. The Morgan fingerprint density at radius 3 is 2.79 bits per heavy atom. The summed E-state index contributed by atoms with van der Waals surface area (Å²) in [6.07, 6.45) is 5.88. The highest BCUT2D eigenvalue weighted by molar-refractivity contribution is 9.11. The number of nitrogens with two attached hydrogens (primary N) is 1. The second-order valence-electron chi connectivity index (χ2n) is 5.52. The van der Waals surface area contributed by atoms with Crippen molar-refractivity contribution in [2.75, 3.05) is 7.11 Å². The highest BCUT2D eigenvalue weighted by Crippen LogP contribution is 2.40. The van der Waals surface area contributed by atoms with Crippen LogP contribution in [-0.4, -0.2) is 19.2 Å². The largest absolute Gasteiger partial charge is 0.495 e. The van der Waals surface area contributed by atoms with Gasteiger partial charge in [0.1, 0.15) is 10.8 Å². The van der Waals surface area contributed by atoms with Crippen LogP contribution in [-0.2, 0) is 12.8 Å². The number of carbonyl (C=O) groups excluding carboxylic acids is 1. The number of aliphatic imine (C=N–C) groups is 1. The summed E-state index contributed by atoms with van der Waals surface area (Å²) in [5.74, 6) is 0.299. The number of primary amides is 1. The van der Waals surface area contributed by atoms with E-state index in [4.69, 9.17) is 10.5 Å². The molecule has 0 unspecified atom stereocenters. The molecule has 0 atom stereocenters. The van der Waals surface area contributed by atoms with E-state index in [1.54, 1.807) is 24.7 Å². The second-order valence-corrected chi connectivity index (χ2v) is 8.38. The fraction of sp³-hybridized carbons (Fsp3) is 0.294. The highest BCUT2D eigenvalue weighted by Gasteiger charge is 2.23. The molecule has 7 heteroatoms. The molecular formula is C17H16Br2N2O2S. The van der Waals surface area contributed by atoms with Gasteiger partial charge in [0.2, 0.25) is 0 Å². The van der Waals surface area contributed by atoms with E-state index < -0.39 is 5.91 Å². The van der Waals surface area contributed by atoms with Gasteiger partial charge in [0.25, 0.3) is 5.91 Å². The molecule has 1 amide bonds. The number of nitrogens with zero attached hydrogens (tertiary/aromatic N) is 1. The van der Waals surface area contributed by atoms with E-state index >= 15 is 0 Å². The van der Waals surface area contributed by atoms with Crippen LogP contribution in [0.15, 0.2) is 26.1 Å². The number of rotatable bonds is 4. The summed E-state index contributed by atoms with van der Waals surface area (Å²) in [5.41, 5.74) is 8.10. The van der Waals surface area contributed by atoms with Crippen LogP contribution >= 0.6 is 43.2 Å². The van der Waals surface area contributed by atoms with Crippen molar-refractivity contribution in [3.05, 3.63) is 42.6 Å². The van der Waals surface area contributed by atoms with Crippen molar-refractivity contribution in [1.29, 1.82) is 0 Å². The number of aryl methyl sites for hydroxylation is 1. The number of benzene rings is 1. The van der Waals surface area contributed by atoms with Crippen molar-refractivity contribution in [1.82, 2.24) is 0 Å². The van der Waals surface area contributed by atoms with Crippen molar-refractivity contribution in [2.45, 2.75) is 25.7 Å². The van der Waals surface area contributed by atoms with Crippen molar-refractivity contribution in [3.63, 3.8) is 0 Å². The Bertz CT molecular complexity index is 830. The van der Waals surface area contributed by atoms with Gasteiger partial charge in [-0.2, -0.15) is 0 Å². The lowest BCUT2D eigenvalue weighted by atomic mass is 9.95. The maximum atomic E-state index is 11.9. The first-order valence-corrected chi connectivity index (χ1v) is 9.93.